The molecule has 25 heavy (non-hydrogen) atoms. The summed E-state index contributed by atoms with van der Waals surface area (Å²) in [5.74, 6) is -0.241. The summed E-state index contributed by atoms with van der Waals surface area (Å²) >= 11 is 0. The molecule has 2 aromatic rings. The maximum Gasteiger partial charge on any atom is 0.251 e. The first-order valence-electron chi connectivity index (χ1n) is 8.01. The smallest absolute Gasteiger partial charge is 0.251 e. The van der Waals surface area contributed by atoms with Crippen molar-refractivity contribution in [3.8, 4) is 0 Å². The highest BCUT2D eigenvalue weighted by Gasteiger charge is 2.16. The first kappa shape index (κ1) is 19.0. The van der Waals surface area contributed by atoms with E-state index in [9.17, 15) is 13.2 Å². The highest BCUT2D eigenvalue weighted by molar-refractivity contribution is 7.92. The number of hydrogen-bond donors (Lipinski definition) is 1. The zero-order valence-electron chi connectivity index (χ0n) is 15.2. The molecule has 0 aromatic heterocycles. The third-order valence-electron chi connectivity index (χ3n) is 4.35. The van der Waals surface area contributed by atoms with E-state index < -0.39 is 10.0 Å². The van der Waals surface area contributed by atoms with Gasteiger partial charge < -0.3 is 5.32 Å². The van der Waals surface area contributed by atoms with Gasteiger partial charge in [0.05, 0.1) is 18.0 Å². The molecule has 2 rings (SSSR count). The second-order valence-corrected chi connectivity index (χ2v) is 8.33. The molecule has 6 heteroatoms. The summed E-state index contributed by atoms with van der Waals surface area (Å²) < 4.78 is 24.5. The molecule has 0 bridgehead atoms. The Hall–Kier alpha value is -2.34. The molecule has 0 saturated carbocycles. The van der Waals surface area contributed by atoms with Gasteiger partial charge in [0.15, 0.2) is 0 Å². The lowest BCUT2D eigenvalue weighted by molar-refractivity contribution is 0.0940. The van der Waals surface area contributed by atoms with Crippen molar-refractivity contribution in [1.29, 1.82) is 0 Å². The van der Waals surface area contributed by atoms with Gasteiger partial charge in [0, 0.05) is 12.6 Å². The van der Waals surface area contributed by atoms with Crippen LogP contribution < -0.4 is 9.62 Å². The Labute approximate surface area is 149 Å². The van der Waals surface area contributed by atoms with Crippen LogP contribution in [-0.2, 0) is 10.0 Å². The number of benzene rings is 2. The molecule has 1 amide bonds. The van der Waals surface area contributed by atoms with Gasteiger partial charge >= 0.3 is 0 Å². The number of rotatable bonds is 5. The Morgan fingerprint density at radius 1 is 1.08 bits per heavy atom. The van der Waals surface area contributed by atoms with Gasteiger partial charge in [-0.05, 0) is 55.7 Å². The molecular weight excluding hydrogens is 336 g/mol. The third kappa shape index (κ3) is 4.60. The Kier molecular flexibility index (Phi) is 5.52. The molecule has 0 heterocycles. The molecule has 0 spiro atoms. The molecular formula is C19H24N2O3S. The Morgan fingerprint density at radius 2 is 1.76 bits per heavy atom. The van der Waals surface area contributed by atoms with Crippen LogP contribution in [0.5, 0.6) is 0 Å². The highest BCUT2D eigenvalue weighted by atomic mass is 32.2. The second-order valence-electron chi connectivity index (χ2n) is 6.32. The summed E-state index contributed by atoms with van der Waals surface area (Å²) in [6.07, 6.45) is 1.13. The Balaban J connectivity index is 2.19. The summed E-state index contributed by atoms with van der Waals surface area (Å²) in [7, 11) is -1.91. The van der Waals surface area contributed by atoms with E-state index in [1.807, 2.05) is 32.9 Å². The van der Waals surface area contributed by atoms with Crippen molar-refractivity contribution in [1.82, 2.24) is 5.32 Å². The van der Waals surface area contributed by atoms with Gasteiger partial charge in [0.1, 0.15) is 0 Å². The molecule has 2 aromatic carbocycles. The van der Waals surface area contributed by atoms with Crippen LogP contribution in [0, 0.1) is 13.8 Å². The number of nitrogens with one attached hydrogen (secondary N) is 1. The standard InChI is InChI=1S/C19H24N2O3S/c1-13-9-10-16(11-14(13)2)15(3)20-19(22)17-7-6-8-18(12-17)21(4)25(5,23)24/h6-12,15H,1-5H3,(H,20,22)/t15-/m0/s1. The maximum atomic E-state index is 12.5. The lowest BCUT2D eigenvalue weighted by Gasteiger charge is -2.19. The van der Waals surface area contributed by atoms with Crippen LogP contribution >= 0.6 is 0 Å². The molecule has 134 valence electrons. The molecule has 0 fully saturated rings. The number of nitrogens with zero attached hydrogens (tertiary/aromatic N) is 1. The van der Waals surface area contributed by atoms with Crippen LogP contribution in [0.1, 0.15) is 40.0 Å². The fourth-order valence-corrected chi connectivity index (χ4v) is 2.93. The SMILES string of the molecule is Cc1ccc([C@H](C)NC(=O)c2cccc(N(C)S(C)(=O)=O)c2)cc1C. The molecule has 1 atom stereocenters. The van der Waals surface area contributed by atoms with Crippen molar-refractivity contribution in [2.24, 2.45) is 0 Å². The lowest BCUT2D eigenvalue weighted by atomic mass is 10.0. The molecule has 0 unspecified atom stereocenters. The van der Waals surface area contributed by atoms with Crippen LogP contribution in [0.25, 0.3) is 0 Å². The number of carbonyl (C=O) groups excluding carboxylic acids is 1. The predicted molar refractivity (Wildman–Crippen MR) is 101 cm³/mol. The van der Waals surface area contributed by atoms with Gasteiger partial charge in [0.2, 0.25) is 10.0 Å². The molecule has 0 aliphatic heterocycles. The minimum Gasteiger partial charge on any atom is -0.346 e. The van der Waals surface area contributed by atoms with Crippen molar-refractivity contribution >= 4 is 21.6 Å². The van der Waals surface area contributed by atoms with Gasteiger partial charge in [-0.3, -0.25) is 9.10 Å². The largest absolute Gasteiger partial charge is 0.346 e. The molecule has 1 N–H and O–H groups in total. The normalized spacial score (nSPS) is 12.5. The summed E-state index contributed by atoms with van der Waals surface area (Å²) in [5.41, 5.74) is 4.28. The zero-order valence-corrected chi connectivity index (χ0v) is 16.0. The molecule has 0 saturated heterocycles. The topological polar surface area (TPSA) is 66.5 Å². The van der Waals surface area contributed by atoms with Crippen molar-refractivity contribution in [2.75, 3.05) is 17.6 Å². The van der Waals surface area contributed by atoms with Crippen molar-refractivity contribution < 1.29 is 13.2 Å². The highest BCUT2D eigenvalue weighted by Crippen LogP contribution is 2.20. The minimum absolute atomic E-state index is 0.150. The first-order valence-corrected chi connectivity index (χ1v) is 9.86. The van der Waals surface area contributed by atoms with Gasteiger partial charge in [0.25, 0.3) is 5.91 Å². The number of hydrogen-bond acceptors (Lipinski definition) is 3. The molecule has 0 radical (unpaired) electrons. The monoisotopic (exact) mass is 360 g/mol. The van der Waals surface area contributed by atoms with E-state index in [0.29, 0.717) is 11.3 Å². The van der Waals surface area contributed by atoms with E-state index in [4.69, 9.17) is 0 Å². The average Bonchev–Trinajstić information content (AvgIpc) is 2.55. The van der Waals surface area contributed by atoms with Crippen molar-refractivity contribution in [3.05, 3.63) is 64.7 Å². The number of anilines is 1. The van der Waals surface area contributed by atoms with E-state index in [0.717, 1.165) is 16.1 Å². The van der Waals surface area contributed by atoms with E-state index in [1.54, 1.807) is 24.3 Å². The van der Waals surface area contributed by atoms with E-state index in [1.165, 1.54) is 18.2 Å². The van der Waals surface area contributed by atoms with Crippen LogP contribution in [-0.4, -0.2) is 27.6 Å². The summed E-state index contributed by atoms with van der Waals surface area (Å²) in [5, 5.41) is 2.96. The fourth-order valence-electron chi connectivity index (χ4n) is 2.43. The quantitative estimate of drug-likeness (QED) is 0.890. The number of aryl methyl sites for hydroxylation is 2. The van der Waals surface area contributed by atoms with Crippen molar-refractivity contribution in [3.63, 3.8) is 0 Å². The number of amides is 1. The third-order valence-corrected chi connectivity index (χ3v) is 5.55. The predicted octanol–water partition coefficient (Wildman–Crippen LogP) is 3.19. The van der Waals surface area contributed by atoms with Crippen LogP contribution in [0.2, 0.25) is 0 Å². The van der Waals surface area contributed by atoms with Crippen molar-refractivity contribution in [2.45, 2.75) is 26.8 Å². The molecule has 5 nitrogen and oxygen atoms in total. The summed E-state index contributed by atoms with van der Waals surface area (Å²) in [4.78, 5) is 12.5. The molecule has 0 aliphatic carbocycles. The zero-order chi connectivity index (χ0) is 18.8. The summed E-state index contributed by atoms with van der Waals surface area (Å²) in [6, 6.07) is 12.5. The summed E-state index contributed by atoms with van der Waals surface area (Å²) in [6.45, 7) is 6.01. The number of sulfonamides is 1. The Bertz CT molecular complexity index is 891. The van der Waals surface area contributed by atoms with Gasteiger partial charge in [-0.25, -0.2) is 8.42 Å². The lowest BCUT2D eigenvalue weighted by Crippen LogP contribution is -2.28. The average molecular weight is 360 g/mol. The van der Waals surface area contributed by atoms with E-state index >= 15 is 0 Å². The number of carbonyl (C=O) groups is 1. The first-order chi connectivity index (χ1) is 11.6. The van der Waals surface area contributed by atoms with E-state index in [-0.39, 0.29) is 11.9 Å². The van der Waals surface area contributed by atoms with Crippen LogP contribution in [0.4, 0.5) is 5.69 Å². The van der Waals surface area contributed by atoms with Gasteiger partial charge in [-0.2, -0.15) is 0 Å². The fraction of sp³-hybridized carbons (Fsp3) is 0.316. The molecule has 0 aliphatic rings. The minimum atomic E-state index is -3.37. The van der Waals surface area contributed by atoms with Crippen LogP contribution in [0.15, 0.2) is 42.5 Å². The Morgan fingerprint density at radius 3 is 2.36 bits per heavy atom. The van der Waals surface area contributed by atoms with Gasteiger partial charge in [-0.1, -0.05) is 24.3 Å². The van der Waals surface area contributed by atoms with Crippen LogP contribution in [0.3, 0.4) is 0 Å². The second kappa shape index (κ2) is 7.27. The van der Waals surface area contributed by atoms with E-state index in [2.05, 4.69) is 11.4 Å². The van der Waals surface area contributed by atoms with Gasteiger partial charge in [-0.15, -0.1) is 0 Å². The maximum absolute atomic E-state index is 12.5.